The van der Waals surface area contributed by atoms with Gasteiger partial charge in [-0.3, -0.25) is 4.79 Å². The third kappa shape index (κ3) is 10.4. The molecule has 0 unspecified atom stereocenters. The van der Waals surface area contributed by atoms with E-state index in [9.17, 15) is 9.18 Å². The Morgan fingerprint density at radius 1 is 1.33 bits per heavy atom. The molecule has 0 aromatic heterocycles. The lowest BCUT2D eigenvalue weighted by atomic mass is 10.4. The Bertz CT molecular complexity index is 383. The van der Waals surface area contributed by atoms with Crippen molar-refractivity contribution in [3.63, 3.8) is 0 Å². The molecule has 0 heterocycles. The van der Waals surface area contributed by atoms with Gasteiger partial charge in [0.1, 0.15) is 5.82 Å². The van der Waals surface area contributed by atoms with Gasteiger partial charge in [-0.15, -0.1) is 0 Å². The van der Waals surface area contributed by atoms with Crippen LogP contribution in [0.25, 0.3) is 0 Å². The minimum absolute atomic E-state index is 0.0199. The van der Waals surface area contributed by atoms with Crippen LogP contribution in [0.4, 0.5) is 4.39 Å². The van der Waals surface area contributed by atoms with Gasteiger partial charge in [-0.1, -0.05) is 12.1 Å². The van der Waals surface area contributed by atoms with Crippen molar-refractivity contribution in [3.05, 3.63) is 34.6 Å². The quantitative estimate of drug-likeness (QED) is 0.725. The maximum absolute atomic E-state index is 12.3. The van der Waals surface area contributed by atoms with Crippen LogP contribution in [0.1, 0.15) is 6.92 Å². The van der Waals surface area contributed by atoms with E-state index in [0.717, 1.165) is 0 Å². The van der Waals surface area contributed by atoms with Crippen molar-refractivity contribution in [3.8, 4) is 0 Å². The Labute approximate surface area is 133 Å². The fraction of sp³-hybridized carbons (Fsp3) is 0.500. The predicted molar refractivity (Wildman–Crippen MR) is 83.5 cm³/mol. The molecule has 2 N–H and O–H groups in total. The number of halogens is 2. The zero-order valence-corrected chi connectivity index (χ0v) is 14.1. The molecule has 5 nitrogen and oxygen atoms in total. The average Bonchev–Trinajstić information content (AvgIpc) is 2.48. The van der Waals surface area contributed by atoms with E-state index in [1.807, 2.05) is 6.92 Å². The molecule has 0 aliphatic carbocycles. The largest absolute Gasteiger partial charge is 0.355 e. The van der Waals surface area contributed by atoms with E-state index >= 15 is 0 Å². The van der Waals surface area contributed by atoms with Crippen LogP contribution in [-0.2, 0) is 14.3 Å². The highest BCUT2D eigenvalue weighted by Gasteiger charge is 2.05. The number of nitrogens with one attached hydrogen (secondary N) is 2. The SMILES string of the molecule is CCNC(=O)CNCC(OC)OC.Fc1ccccc1Br. The first-order valence-electron chi connectivity index (χ1n) is 6.48. The summed E-state index contributed by atoms with van der Waals surface area (Å²) in [5.74, 6) is -0.235. The minimum atomic E-state index is -0.297. The topological polar surface area (TPSA) is 59.6 Å². The molecule has 0 spiro atoms. The molecular weight excluding hydrogens is 343 g/mol. The lowest BCUT2D eigenvalue weighted by Gasteiger charge is -2.13. The smallest absolute Gasteiger partial charge is 0.233 e. The molecule has 120 valence electrons. The van der Waals surface area contributed by atoms with Crippen LogP contribution in [0.5, 0.6) is 0 Å². The van der Waals surface area contributed by atoms with Crippen LogP contribution in [0.3, 0.4) is 0 Å². The van der Waals surface area contributed by atoms with Gasteiger partial charge in [0.25, 0.3) is 0 Å². The van der Waals surface area contributed by atoms with Crippen LogP contribution in [-0.4, -0.2) is 46.1 Å². The summed E-state index contributed by atoms with van der Waals surface area (Å²) in [6.45, 7) is 3.32. The van der Waals surface area contributed by atoms with Crippen molar-refractivity contribution in [2.24, 2.45) is 0 Å². The molecule has 0 saturated heterocycles. The molecule has 1 aromatic rings. The first-order valence-corrected chi connectivity index (χ1v) is 7.27. The highest BCUT2D eigenvalue weighted by molar-refractivity contribution is 9.10. The third-order valence-electron chi connectivity index (χ3n) is 2.32. The molecule has 0 atom stereocenters. The summed E-state index contributed by atoms with van der Waals surface area (Å²) in [4.78, 5) is 10.9. The van der Waals surface area contributed by atoms with Crippen LogP contribution < -0.4 is 10.6 Å². The Hall–Kier alpha value is -1.02. The first kappa shape index (κ1) is 20.0. The third-order valence-corrected chi connectivity index (χ3v) is 2.96. The Kier molecular flexibility index (Phi) is 12.1. The van der Waals surface area contributed by atoms with Crippen LogP contribution in [0.15, 0.2) is 28.7 Å². The summed E-state index contributed by atoms with van der Waals surface area (Å²) in [5.41, 5.74) is 0. The molecule has 1 aromatic carbocycles. The molecule has 1 amide bonds. The minimum Gasteiger partial charge on any atom is -0.355 e. The zero-order chi connectivity index (χ0) is 16.1. The van der Waals surface area contributed by atoms with Gasteiger partial charge in [-0.2, -0.15) is 0 Å². The summed E-state index contributed by atoms with van der Waals surface area (Å²) in [5, 5.41) is 5.58. The molecule has 7 heteroatoms. The van der Waals surface area contributed by atoms with E-state index in [4.69, 9.17) is 9.47 Å². The molecule has 0 aliphatic rings. The van der Waals surface area contributed by atoms with Gasteiger partial charge in [0, 0.05) is 27.3 Å². The molecule has 21 heavy (non-hydrogen) atoms. The number of likely N-dealkylation sites (N-methyl/N-ethyl adjacent to an activating group) is 1. The van der Waals surface area contributed by atoms with E-state index in [1.165, 1.54) is 6.07 Å². The van der Waals surface area contributed by atoms with Crippen LogP contribution >= 0.6 is 15.9 Å². The van der Waals surface area contributed by atoms with Gasteiger partial charge in [0.15, 0.2) is 6.29 Å². The number of hydrogen-bond donors (Lipinski definition) is 2. The van der Waals surface area contributed by atoms with Gasteiger partial charge in [0.05, 0.1) is 11.0 Å². The van der Waals surface area contributed by atoms with Gasteiger partial charge < -0.3 is 20.1 Å². The van der Waals surface area contributed by atoms with Crippen molar-refractivity contribution in [1.29, 1.82) is 0 Å². The van der Waals surface area contributed by atoms with Crippen molar-refractivity contribution >= 4 is 21.8 Å². The summed E-state index contributed by atoms with van der Waals surface area (Å²) in [6.07, 6.45) is -0.297. The van der Waals surface area contributed by atoms with Gasteiger partial charge in [-0.25, -0.2) is 4.39 Å². The first-order chi connectivity index (χ1) is 10.0. The van der Waals surface area contributed by atoms with E-state index in [0.29, 0.717) is 17.6 Å². The van der Waals surface area contributed by atoms with E-state index in [2.05, 4.69) is 26.6 Å². The number of hydrogen-bond acceptors (Lipinski definition) is 4. The highest BCUT2D eigenvalue weighted by Crippen LogP contribution is 2.12. The van der Waals surface area contributed by atoms with E-state index in [-0.39, 0.29) is 24.6 Å². The Morgan fingerprint density at radius 2 is 1.95 bits per heavy atom. The summed E-state index contributed by atoms with van der Waals surface area (Å²) >= 11 is 3.02. The maximum Gasteiger partial charge on any atom is 0.233 e. The number of methoxy groups -OCH3 is 2. The number of benzene rings is 1. The molecule has 0 radical (unpaired) electrons. The van der Waals surface area contributed by atoms with Crippen molar-refractivity contribution in [2.75, 3.05) is 33.9 Å². The van der Waals surface area contributed by atoms with E-state index < -0.39 is 0 Å². The monoisotopic (exact) mass is 364 g/mol. The second kappa shape index (κ2) is 12.7. The molecule has 0 aliphatic heterocycles. The fourth-order valence-corrected chi connectivity index (χ4v) is 1.55. The molecule has 0 fully saturated rings. The lowest BCUT2D eigenvalue weighted by Crippen LogP contribution is -2.38. The summed E-state index contributed by atoms with van der Waals surface area (Å²) < 4.78 is 22.6. The number of amides is 1. The van der Waals surface area contributed by atoms with Gasteiger partial charge in [-0.05, 0) is 35.0 Å². The molecule has 0 saturated carbocycles. The summed E-state index contributed by atoms with van der Waals surface area (Å²) in [6, 6.07) is 6.49. The second-order valence-electron chi connectivity index (χ2n) is 3.90. The molecule has 0 bridgehead atoms. The zero-order valence-electron chi connectivity index (χ0n) is 12.5. The molecular formula is C14H22BrFN2O3. The molecule has 1 rings (SSSR count). The number of carbonyl (C=O) groups is 1. The highest BCUT2D eigenvalue weighted by atomic mass is 79.9. The van der Waals surface area contributed by atoms with Crippen molar-refractivity contribution in [2.45, 2.75) is 13.2 Å². The average molecular weight is 365 g/mol. The van der Waals surface area contributed by atoms with Crippen LogP contribution in [0.2, 0.25) is 0 Å². The lowest BCUT2D eigenvalue weighted by molar-refractivity contribution is -0.121. The Morgan fingerprint density at radius 3 is 2.38 bits per heavy atom. The van der Waals surface area contributed by atoms with Gasteiger partial charge >= 0.3 is 0 Å². The van der Waals surface area contributed by atoms with Gasteiger partial charge in [0.2, 0.25) is 5.91 Å². The van der Waals surface area contributed by atoms with Crippen molar-refractivity contribution < 1.29 is 18.7 Å². The normalized spacial score (nSPS) is 10.0. The second-order valence-corrected chi connectivity index (χ2v) is 4.75. The predicted octanol–water partition coefficient (Wildman–Crippen LogP) is 1.92. The fourth-order valence-electron chi connectivity index (χ4n) is 1.27. The number of rotatable bonds is 7. The number of ether oxygens (including phenoxy) is 2. The van der Waals surface area contributed by atoms with Crippen LogP contribution in [0, 0.1) is 5.82 Å². The van der Waals surface area contributed by atoms with E-state index in [1.54, 1.807) is 32.4 Å². The Balaban J connectivity index is 0.000000423. The maximum atomic E-state index is 12.3. The van der Waals surface area contributed by atoms with Crippen molar-refractivity contribution in [1.82, 2.24) is 10.6 Å². The number of carbonyl (C=O) groups excluding carboxylic acids is 1. The summed E-state index contributed by atoms with van der Waals surface area (Å²) in [7, 11) is 3.12. The standard InChI is InChI=1S/C8H18N2O3.C6H4BrF/c1-4-10-7(11)5-9-6-8(12-2)13-3;7-5-3-1-2-4-6(5)8/h8-9H,4-6H2,1-3H3,(H,10,11);1-4H.